The van der Waals surface area contributed by atoms with E-state index in [0.29, 0.717) is 0 Å². The molecule has 0 radical (unpaired) electrons. The molecule has 2 aromatic rings. The van der Waals surface area contributed by atoms with Crippen LogP contribution in [0.4, 0.5) is 13.2 Å². The zero-order valence-corrected chi connectivity index (χ0v) is 12.1. The molecule has 0 saturated carbocycles. The van der Waals surface area contributed by atoms with Crippen molar-refractivity contribution in [2.45, 2.75) is 6.18 Å². The molecule has 0 unspecified atom stereocenters. The Morgan fingerprint density at radius 1 is 1.39 bits per heavy atom. The van der Waals surface area contributed by atoms with Crippen molar-refractivity contribution in [1.29, 1.82) is 5.26 Å². The number of imidazole rings is 1. The lowest BCUT2D eigenvalue weighted by Gasteiger charge is -2.07. The van der Waals surface area contributed by atoms with E-state index in [-0.39, 0.29) is 16.6 Å². The molecule has 0 saturated heterocycles. The second kappa shape index (κ2) is 5.72. The summed E-state index contributed by atoms with van der Waals surface area (Å²) in [4.78, 5) is 27.1. The molecule has 1 amide bonds. The first-order valence-corrected chi connectivity index (χ1v) is 6.39. The normalized spacial score (nSPS) is 12.7. The predicted octanol–water partition coefficient (Wildman–Crippen LogP) is 1.66. The van der Waals surface area contributed by atoms with Crippen molar-refractivity contribution in [3.63, 3.8) is 0 Å². The summed E-state index contributed by atoms with van der Waals surface area (Å²) in [6.07, 6.45) is -4.63. The highest BCUT2D eigenvalue weighted by Gasteiger charge is 2.37. The first-order valence-electron chi connectivity index (χ1n) is 6.39. The van der Waals surface area contributed by atoms with Crippen LogP contribution in [0.3, 0.4) is 0 Å². The number of aryl methyl sites for hydroxylation is 1. The summed E-state index contributed by atoms with van der Waals surface area (Å²) in [6.45, 7) is 0. The van der Waals surface area contributed by atoms with Crippen LogP contribution in [0.1, 0.15) is 16.2 Å². The standard InChI is InChI=1S/C14H11F3N4O2/c1-19-12(23)8(6-18)11(22)7-3-4-10-9(5-7)20-13(21(10)2)14(15,16)17/h3-5,8H,1-2H3,(H,19,23)/t8-/m0/s1. The van der Waals surface area contributed by atoms with Crippen molar-refractivity contribution in [3.8, 4) is 6.07 Å². The zero-order valence-electron chi connectivity index (χ0n) is 12.1. The average Bonchev–Trinajstić information content (AvgIpc) is 2.84. The minimum Gasteiger partial charge on any atom is -0.358 e. The Balaban J connectivity index is 2.51. The Bertz CT molecular complexity index is 833. The van der Waals surface area contributed by atoms with Crippen molar-refractivity contribution in [2.24, 2.45) is 13.0 Å². The van der Waals surface area contributed by atoms with E-state index < -0.39 is 29.6 Å². The zero-order chi connectivity index (χ0) is 17.4. The third-order valence-electron chi connectivity index (χ3n) is 3.32. The smallest absolute Gasteiger partial charge is 0.358 e. The minimum absolute atomic E-state index is 0.0423. The summed E-state index contributed by atoms with van der Waals surface area (Å²) >= 11 is 0. The number of benzene rings is 1. The molecule has 23 heavy (non-hydrogen) atoms. The summed E-state index contributed by atoms with van der Waals surface area (Å²) in [7, 11) is 2.49. The number of nitriles is 1. The van der Waals surface area contributed by atoms with Gasteiger partial charge in [-0.05, 0) is 18.2 Å². The van der Waals surface area contributed by atoms with Crippen LogP contribution in [-0.4, -0.2) is 28.3 Å². The molecule has 0 bridgehead atoms. The molecule has 0 fully saturated rings. The van der Waals surface area contributed by atoms with Gasteiger partial charge in [-0.1, -0.05) is 0 Å². The van der Waals surface area contributed by atoms with Crippen LogP contribution in [0.5, 0.6) is 0 Å². The summed E-state index contributed by atoms with van der Waals surface area (Å²) in [5.74, 6) is -4.24. The number of aromatic nitrogens is 2. The number of alkyl halides is 3. The van der Waals surface area contributed by atoms with Gasteiger partial charge in [0.15, 0.2) is 11.7 Å². The molecular weight excluding hydrogens is 313 g/mol. The van der Waals surface area contributed by atoms with E-state index in [0.717, 1.165) is 10.6 Å². The van der Waals surface area contributed by atoms with Crippen LogP contribution in [-0.2, 0) is 18.0 Å². The number of halogens is 3. The van der Waals surface area contributed by atoms with Gasteiger partial charge in [-0.25, -0.2) is 4.98 Å². The highest BCUT2D eigenvalue weighted by molar-refractivity contribution is 6.12. The molecule has 1 atom stereocenters. The predicted molar refractivity (Wildman–Crippen MR) is 73.2 cm³/mol. The van der Waals surface area contributed by atoms with Gasteiger partial charge in [0.2, 0.25) is 11.7 Å². The van der Waals surface area contributed by atoms with Gasteiger partial charge in [-0.2, -0.15) is 18.4 Å². The van der Waals surface area contributed by atoms with E-state index in [9.17, 15) is 22.8 Å². The maximum Gasteiger partial charge on any atom is 0.449 e. The maximum atomic E-state index is 12.8. The Kier molecular flexibility index (Phi) is 4.10. The lowest BCUT2D eigenvalue weighted by molar-refractivity contribution is -0.146. The topological polar surface area (TPSA) is 87.8 Å². The molecule has 6 nitrogen and oxygen atoms in total. The number of nitrogens with one attached hydrogen (secondary N) is 1. The first kappa shape index (κ1) is 16.5. The molecule has 0 aliphatic carbocycles. The third kappa shape index (κ3) is 2.88. The fraction of sp³-hybridized carbons (Fsp3) is 0.286. The SMILES string of the molecule is CNC(=O)[C@@H](C#N)C(=O)c1ccc2c(c1)nc(C(F)(F)F)n2C. The van der Waals surface area contributed by atoms with E-state index >= 15 is 0 Å². The molecule has 1 aromatic heterocycles. The summed E-state index contributed by atoms with van der Waals surface area (Å²) in [5, 5.41) is 11.1. The Morgan fingerprint density at radius 3 is 2.57 bits per heavy atom. The number of nitrogens with zero attached hydrogens (tertiary/aromatic N) is 3. The molecule has 2 rings (SSSR count). The second-order valence-corrected chi connectivity index (χ2v) is 4.74. The Labute approximate surface area is 128 Å². The molecular formula is C14H11F3N4O2. The molecule has 0 aliphatic heterocycles. The van der Waals surface area contributed by atoms with E-state index in [2.05, 4.69) is 10.3 Å². The number of fused-ring (bicyclic) bond motifs is 1. The number of amides is 1. The van der Waals surface area contributed by atoms with Crippen molar-refractivity contribution in [3.05, 3.63) is 29.6 Å². The largest absolute Gasteiger partial charge is 0.449 e. The highest BCUT2D eigenvalue weighted by Crippen LogP contribution is 2.31. The molecule has 9 heteroatoms. The number of carbonyl (C=O) groups excluding carboxylic acids is 2. The van der Waals surface area contributed by atoms with Gasteiger partial charge < -0.3 is 9.88 Å². The number of carbonyl (C=O) groups is 2. The minimum atomic E-state index is -4.63. The van der Waals surface area contributed by atoms with Crippen LogP contribution in [0.2, 0.25) is 0 Å². The van der Waals surface area contributed by atoms with Crippen LogP contribution in [0.25, 0.3) is 11.0 Å². The van der Waals surface area contributed by atoms with Gasteiger partial charge in [0.1, 0.15) is 0 Å². The molecule has 0 spiro atoms. The average molecular weight is 324 g/mol. The highest BCUT2D eigenvalue weighted by atomic mass is 19.4. The van der Waals surface area contributed by atoms with Gasteiger partial charge >= 0.3 is 6.18 Å². The lowest BCUT2D eigenvalue weighted by atomic mass is 9.98. The first-order chi connectivity index (χ1) is 10.7. The van der Waals surface area contributed by atoms with Gasteiger partial charge in [0.05, 0.1) is 17.1 Å². The van der Waals surface area contributed by atoms with Gasteiger partial charge in [0, 0.05) is 19.7 Å². The van der Waals surface area contributed by atoms with Crippen LogP contribution < -0.4 is 5.32 Å². The van der Waals surface area contributed by atoms with Crippen molar-refractivity contribution in [1.82, 2.24) is 14.9 Å². The number of hydrogen-bond acceptors (Lipinski definition) is 4. The Morgan fingerprint density at radius 2 is 2.04 bits per heavy atom. The summed E-state index contributed by atoms with van der Waals surface area (Å²) < 4.78 is 39.4. The summed E-state index contributed by atoms with van der Waals surface area (Å²) in [5.41, 5.74) is 0.0843. The van der Waals surface area contributed by atoms with Gasteiger partial charge in [-0.15, -0.1) is 0 Å². The van der Waals surface area contributed by atoms with Gasteiger partial charge in [-0.3, -0.25) is 9.59 Å². The van der Waals surface area contributed by atoms with Crippen molar-refractivity contribution >= 4 is 22.7 Å². The molecule has 1 heterocycles. The van der Waals surface area contributed by atoms with E-state index in [4.69, 9.17) is 5.26 Å². The fourth-order valence-electron chi connectivity index (χ4n) is 2.15. The van der Waals surface area contributed by atoms with Crippen molar-refractivity contribution < 1.29 is 22.8 Å². The fourth-order valence-corrected chi connectivity index (χ4v) is 2.15. The van der Waals surface area contributed by atoms with E-state index in [1.54, 1.807) is 6.07 Å². The monoisotopic (exact) mass is 324 g/mol. The van der Waals surface area contributed by atoms with Crippen LogP contribution in [0, 0.1) is 17.2 Å². The number of ketones is 1. The lowest BCUT2D eigenvalue weighted by Crippen LogP contribution is -2.32. The molecule has 0 aliphatic rings. The number of rotatable bonds is 3. The quantitative estimate of drug-likeness (QED) is 0.687. The van der Waals surface area contributed by atoms with Crippen molar-refractivity contribution in [2.75, 3.05) is 7.05 Å². The van der Waals surface area contributed by atoms with E-state index in [1.165, 1.54) is 26.2 Å². The molecule has 120 valence electrons. The summed E-state index contributed by atoms with van der Waals surface area (Å²) in [6, 6.07) is 5.27. The maximum absolute atomic E-state index is 12.8. The molecule has 1 aromatic carbocycles. The number of hydrogen-bond donors (Lipinski definition) is 1. The second-order valence-electron chi connectivity index (χ2n) is 4.74. The van der Waals surface area contributed by atoms with Crippen LogP contribution in [0.15, 0.2) is 18.2 Å². The van der Waals surface area contributed by atoms with E-state index in [1.807, 2.05) is 0 Å². The molecule has 1 N–H and O–H groups in total. The Hall–Kier alpha value is -2.89. The van der Waals surface area contributed by atoms with Crippen LogP contribution >= 0.6 is 0 Å². The third-order valence-corrected chi connectivity index (χ3v) is 3.32. The van der Waals surface area contributed by atoms with Gasteiger partial charge in [0.25, 0.3) is 0 Å². The number of Topliss-reactive ketones (excluding diaryl/α,β-unsaturated/α-hetero) is 1.